The molecule has 0 amide bonds. The van der Waals surface area contributed by atoms with Crippen molar-refractivity contribution in [3.63, 3.8) is 0 Å². The second-order valence-electron chi connectivity index (χ2n) is 5.07. The van der Waals surface area contributed by atoms with Gasteiger partial charge in [0.1, 0.15) is 6.61 Å². The van der Waals surface area contributed by atoms with Gasteiger partial charge in [-0.25, -0.2) is 13.8 Å². The monoisotopic (exact) mass is 306 g/mol. The Kier molecular flexibility index (Phi) is 8.18. The number of hydrogen-bond donors (Lipinski definition) is 1. The third-order valence-electron chi connectivity index (χ3n) is 2.70. The maximum Gasteiger partial charge on any atom is 0.261 e. The van der Waals surface area contributed by atoms with Crippen LogP contribution >= 0.6 is 11.3 Å². The molecule has 1 heterocycles. The first kappa shape index (κ1) is 17.5. The molecule has 0 aliphatic rings. The van der Waals surface area contributed by atoms with Crippen molar-refractivity contribution < 1.29 is 13.5 Å². The van der Waals surface area contributed by atoms with Gasteiger partial charge in [-0.05, 0) is 18.9 Å². The zero-order chi connectivity index (χ0) is 15.0. The van der Waals surface area contributed by atoms with E-state index >= 15 is 0 Å². The topological polar surface area (TPSA) is 34.1 Å². The van der Waals surface area contributed by atoms with Crippen molar-refractivity contribution >= 4 is 11.3 Å². The van der Waals surface area contributed by atoms with Crippen LogP contribution in [0.1, 0.15) is 36.3 Å². The van der Waals surface area contributed by atoms with E-state index in [2.05, 4.69) is 31.1 Å². The largest absolute Gasteiger partial charge is 0.375 e. The van der Waals surface area contributed by atoms with Crippen molar-refractivity contribution in [1.29, 1.82) is 0 Å². The van der Waals surface area contributed by atoms with E-state index in [-0.39, 0.29) is 0 Å². The summed E-state index contributed by atoms with van der Waals surface area (Å²) in [4.78, 5) is 5.80. The molecule has 0 unspecified atom stereocenters. The highest BCUT2D eigenvalue weighted by atomic mass is 32.1. The molecule has 1 aromatic heterocycles. The first-order chi connectivity index (χ1) is 9.52. The van der Waals surface area contributed by atoms with Crippen LogP contribution in [0.3, 0.4) is 0 Å². The second-order valence-corrected chi connectivity index (χ2v) is 6.24. The van der Waals surface area contributed by atoms with E-state index in [1.54, 1.807) is 11.3 Å². The summed E-state index contributed by atoms with van der Waals surface area (Å²) in [6.45, 7) is 8.05. The molecule has 0 bridgehead atoms. The fraction of sp³-hybridized carbons (Fsp3) is 0.786. The molecule has 3 nitrogen and oxygen atoms in total. The summed E-state index contributed by atoms with van der Waals surface area (Å²) in [5.41, 5.74) is 1.11. The first-order valence-electron chi connectivity index (χ1n) is 7.07. The molecule has 0 spiro atoms. The molecule has 1 aromatic rings. The highest BCUT2D eigenvalue weighted by Crippen LogP contribution is 2.20. The predicted octanol–water partition coefficient (Wildman–Crippen LogP) is 3.28. The number of halogens is 2. The average molecular weight is 306 g/mol. The van der Waals surface area contributed by atoms with Gasteiger partial charge in [0, 0.05) is 17.8 Å². The number of aryl methyl sites for hydroxylation is 1. The van der Waals surface area contributed by atoms with Crippen LogP contribution in [0.25, 0.3) is 0 Å². The maximum atomic E-state index is 11.9. The number of ether oxygens (including phenoxy) is 1. The molecular weight excluding hydrogens is 282 g/mol. The van der Waals surface area contributed by atoms with Gasteiger partial charge in [0.05, 0.1) is 17.3 Å². The number of alkyl halides is 2. The van der Waals surface area contributed by atoms with Crippen molar-refractivity contribution in [2.45, 2.75) is 46.6 Å². The minimum Gasteiger partial charge on any atom is -0.375 e. The van der Waals surface area contributed by atoms with Gasteiger partial charge >= 0.3 is 0 Å². The van der Waals surface area contributed by atoms with E-state index in [9.17, 15) is 8.78 Å². The van der Waals surface area contributed by atoms with Gasteiger partial charge in [0.2, 0.25) is 0 Å². The minimum atomic E-state index is -2.40. The molecule has 116 valence electrons. The van der Waals surface area contributed by atoms with Crippen LogP contribution in [-0.4, -0.2) is 31.2 Å². The SMILES string of the molecule is CCc1nc(CCOCC(F)F)sc1CNCC(C)C. The fourth-order valence-corrected chi connectivity index (χ4v) is 2.87. The normalized spacial score (nSPS) is 11.8. The lowest BCUT2D eigenvalue weighted by Crippen LogP contribution is -2.18. The Morgan fingerprint density at radius 1 is 1.35 bits per heavy atom. The van der Waals surface area contributed by atoms with Gasteiger partial charge < -0.3 is 10.1 Å². The molecule has 0 aromatic carbocycles. The van der Waals surface area contributed by atoms with Gasteiger partial charge in [0.15, 0.2) is 0 Å². The molecule has 0 saturated heterocycles. The molecular formula is C14H24F2N2OS. The van der Waals surface area contributed by atoms with E-state index in [0.29, 0.717) is 18.9 Å². The Labute approximate surface area is 123 Å². The molecule has 6 heteroatoms. The van der Waals surface area contributed by atoms with E-state index in [4.69, 9.17) is 4.74 Å². The molecule has 1 N–H and O–H groups in total. The van der Waals surface area contributed by atoms with Crippen LogP contribution in [-0.2, 0) is 24.1 Å². The fourth-order valence-electron chi connectivity index (χ4n) is 1.76. The smallest absolute Gasteiger partial charge is 0.261 e. The Hall–Kier alpha value is -0.590. The lowest BCUT2D eigenvalue weighted by molar-refractivity contribution is 0.0187. The highest BCUT2D eigenvalue weighted by molar-refractivity contribution is 7.11. The molecule has 0 aliphatic carbocycles. The van der Waals surface area contributed by atoms with Gasteiger partial charge in [-0.2, -0.15) is 0 Å². The molecule has 20 heavy (non-hydrogen) atoms. The number of nitrogens with one attached hydrogen (secondary N) is 1. The van der Waals surface area contributed by atoms with Crippen LogP contribution in [0.15, 0.2) is 0 Å². The third-order valence-corrected chi connectivity index (χ3v) is 3.86. The Morgan fingerprint density at radius 2 is 2.10 bits per heavy atom. The minimum absolute atomic E-state index is 0.305. The van der Waals surface area contributed by atoms with Gasteiger partial charge in [-0.15, -0.1) is 11.3 Å². The lowest BCUT2D eigenvalue weighted by Gasteiger charge is -2.06. The van der Waals surface area contributed by atoms with Crippen LogP contribution < -0.4 is 5.32 Å². The van der Waals surface area contributed by atoms with E-state index < -0.39 is 13.0 Å². The Morgan fingerprint density at radius 3 is 2.70 bits per heavy atom. The van der Waals surface area contributed by atoms with Crippen molar-refractivity contribution in [3.05, 3.63) is 15.6 Å². The predicted molar refractivity (Wildman–Crippen MR) is 78.6 cm³/mol. The highest BCUT2D eigenvalue weighted by Gasteiger charge is 2.10. The zero-order valence-corrected chi connectivity index (χ0v) is 13.2. The standard InChI is InChI=1S/C14H24F2N2OS/c1-4-11-12(8-17-7-10(2)3)20-14(18-11)5-6-19-9-13(15)16/h10,13,17H,4-9H2,1-3H3. The molecule has 0 saturated carbocycles. The maximum absolute atomic E-state index is 11.9. The van der Waals surface area contributed by atoms with Crippen LogP contribution in [0.2, 0.25) is 0 Å². The Balaban J connectivity index is 2.42. The molecule has 0 radical (unpaired) electrons. The van der Waals surface area contributed by atoms with E-state index in [1.165, 1.54) is 4.88 Å². The second kappa shape index (κ2) is 9.37. The van der Waals surface area contributed by atoms with Crippen molar-refractivity contribution in [2.24, 2.45) is 5.92 Å². The summed E-state index contributed by atoms with van der Waals surface area (Å²) in [5.74, 6) is 0.621. The number of aromatic nitrogens is 1. The van der Waals surface area contributed by atoms with Gasteiger partial charge in [-0.3, -0.25) is 0 Å². The van der Waals surface area contributed by atoms with E-state index in [0.717, 1.165) is 30.2 Å². The van der Waals surface area contributed by atoms with Gasteiger partial charge in [-0.1, -0.05) is 20.8 Å². The molecule has 0 fully saturated rings. The summed E-state index contributed by atoms with van der Waals surface area (Å²) in [7, 11) is 0. The van der Waals surface area contributed by atoms with Crippen molar-refractivity contribution in [3.8, 4) is 0 Å². The summed E-state index contributed by atoms with van der Waals surface area (Å²) < 4.78 is 28.8. The summed E-state index contributed by atoms with van der Waals surface area (Å²) in [5, 5.41) is 4.38. The quantitative estimate of drug-likeness (QED) is 0.674. The lowest BCUT2D eigenvalue weighted by atomic mass is 10.2. The average Bonchev–Trinajstić information content (AvgIpc) is 2.76. The number of thiazole rings is 1. The number of nitrogens with zero attached hydrogens (tertiary/aromatic N) is 1. The van der Waals surface area contributed by atoms with E-state index in [1.807, 2.05) is 0 Å². The molecule has 0 aliphatic heterocycles. The third kappa shape index (κ3) is 6.72. The van der Waals surface area contributed by atoms with Crippen molar-refractivity contribution in [1.82, 2.24) is 10.3 Å². The number of rotatable bonds is 10. The van der Waals surface area contributed by atoms with Crippen molar-refractivity contribution in [2.75, 3.05) is 19.8 Å². The van der Waals surface area contributed by atoms with Crippen LogP contribution in [0.4, 0.5) is 8.78 Å². The summed E-state index contributed by atoms with van der Waals surface area (Å²) in [6.07, 6.45) is -0.893. The van der Waals surface area contributed by atoms with Crippen LogP contribution in [0.5, 0.6) is 0 Å². The van der Waals surface area contributed by atoms with Gasteiger partial charge in [0.25, 0.3) is 6.43 Å². The molecule has 1 rings (SSSR count). The Bertz CT molecular complexity index is 383. The first-order valence-corrected chi connectivity index (χ1v) is 7.88. The number of hydrogen-bond acceptors (Lipinski definition) is 4. The summed E-state index contributed by atoms with van der Waals surface area (Å²) in [6, 6.07) is 0. The van der Waals surface area contributed by atoms with Crippen LogP contribution in [0, 0.1) is 5.92 Å². The zero-order valence-electron chi connectivity index (χ0n) is 12.4. The molecule has 0 atom stereocenters. The summed E-state index contributed by atoms with van der Waals surface area (Å²) >= 11 is 1.65.